The van der Waals surface area contributed by atoms with Gasteiger partial charge < -0.3 is 9.88 Å². The fourth-order valence-corrected chi connectivity index (χ4v) is 4.78. The molecule has 0 aliphatic carbocycles. The maximum Gasteiger partial charge on any atom is 0.278 e. The summed E-state index contributed by atoms with van der Waals surface area (Å²) in [5, 5.41) is 4.02. The van der Waals surface area contributed by atoms with Crippen LogP contribution in [0, 0.1) is 12.7 Å². The zero-order valence-corrected chi connectivity index (χ0v) is 20.6. The van der Waals surface area contributed by atoms with Gasteiger partial charge in [0, 0.05) is 16.1 Å². The van der Waals surface area contributed by atoms with Gasteiger partial charge in [0.15, 0.2) is 0 Å². The predicted molar refractivity (Wildman–Crippen MR) is 141 cm³/mol. The number of para-hydroxylation sites is 1. The Morgan fingerprint density at radius 2 is 1.86 bits per heavy atom. The van der Waals surface area contributed by atoms with Gasteiger partial charge in [-0.1, -0.05) is 54.9 Å². The molecule has 0 fully saturated rings. The van der Waals surface area contributed by atoms with Crippen molar-refractivity contribution >= 4 is 45.1 Å². The SMILES string of the molecule is CCc1cccc(C)c1NC(=O)Cn1c2ccc(F)cc2c2ncn(Cc3ccccc3Cl)c(=O)c21. The number of rotatable bonds is 6. The zero-order chi connectivity index (χ0) is 25.4. The number of nitrogens with zero attached hydrogens (tertiary/aromatic N) is 3. The van der Waals surface area contributed by atoms with Crippen LogP contribution < -0.4 is 10.9 Å². The molecule has 1 N–H and O–H groups in total. The number of aromatic nitrogens is 3. The molecule has 8 heteroatoms. The fraction of sp³-hybridized carbons (Fsp3) is 0.179. The second kappa shape index (κ2) is 9.59. The second-order valence-corrected chi connectivity index (χ2v) is 9.13. The van der Waals surface area contributed by atoms with E-state index in [2.05, 4.69) is 10.3 Å². The van der Waals surface area contributed by atoms with Crippen molar-refractivity contribution in [2.75, 3.05) is 5.32 Å². The van der Waals surface area contributed by atoms with Gasteiger partial charge in [-0.3, -0.25) is 14.2 Å². The van der Waals surface area contributed by atoms with Crippen molar-refractivity contribution in [1.29, 1.82) is 0 Å². The molecular weight excluding hydrogens is 479 g/mol. The number of nitrogens with one attached hydrogen (secondary N) is 1. The maximum atomic E-state index is 14.1. The first-order valence-electron chi connectivity index (χ1n) is 11.7. The highest BCUT2D eigenvalue weighted by Gasteiger charge is 2.20. The standard InChI is InChI=1S/C28H24ClFN4O2/c1-3-18-9-6-7-17(2)25(18)32-24(35)15-34-23-12-11-20(30)13-21(23)26-27(34)28(36)33(16-31-26)14-19-8-4-5-10-22(19)29/h4-13,16H,3,14-15H2,1-2H3,(H,32,35). The lowest BCUT2D eigenvalue weighted by Crippen LogP contribution is -2.26. The van der Waals surface area contributed by atoms with Gasteiger partial charge in [-0.15, -0.1) is 0 Å². The van der Waals surface area contributed by atoms with Crippen molar-refractivity contribution in [3.05, 3.63) is 105 Å². The van der Waals surface area contributed by atoms with E-state index in [1.165, 1.54) is 23.0 Å². The molecule has 6 nitrogen and oxygen atoms in total. The van der Waals surface area contributed by atoms with E-state index in [1.54, 1.807) is 16.7 Å². The van der Waals surface area contributed by atoms with Crippen LogP contribution in [0.5, 0.6) is 0 Å². The third-order valence-electron chi connectivity index (χ3n) is 6.39. The molecule has 36 heavy (non-hydrogen) atoms. The van der Waals surface area contributed by atoms with Gasteiger partial charge in [-0.25, -0.2) is 9.37 Å². The summed E-state index contributed by atoms with van der Waals surface area (Å²) in [5.41, 5.74) is 4.32. The van der Waals surface area contributed by atoms with E-state index in [1.807, 2.05) is 50.2 Å². The lowest BCUT2D eigenvalue weighted by atomic mass is 10.1. The minimum absolute atomic E-state index is 0.129. The Balaban J connectivity index is 1.62. The van der Waals surface area contributed by atoms with Crippen molar-refractivity contribution in [2.24, 2.45) is 0 Å². The molecule has 0 atom stereocenters. The van der Waals surface area contributed by atoms with Crippen LogP contribution >= 0.6 is 11.6 Å². The van der Waals surface area contributed by atoms with Crippen molar-refractivity contribution in [3.63, 3.8) is 0 Å². The van der Waals surface area contributed by atoms with E-state index >= 15 is 0 Å². The summed E-state index contributed by atoms with van der Waals surface area (Å²) in [4.78, 5) is 31.4. The first-order valence-corrected chi connectivity index (χ1v) is 12.0. The molecular formula is C28H24ClFN4O2. The summed E-state index contributed by atoms with van der Waals surface area (Å²) in [5.74, 6) is -0.733. The third kappa shape index (κ3) is 4.27. The van der Waals surface area contributed by atoms with Gasteiger partial charge in [0.1, 0.15) is 23.4 Å². The Bertz CT molecular complexity index is 1690. The van der Waals surface area contributed by atoms with E-state index in [0.29, 0.717) is 21.4 Å². The molecule has 2 heterocycles. The molecule has 2 aromatic heterocycles. The minimum Gasteiger partial charge on any atom is -0.325 e. The molecule has 0 aliphatic rings. The highest BCUT2D eigenvalue weighted by molar-refractivity contribution is 6.31. The first-order chi connectivity index (χ1) is 17.4. The number of aryl methyl sites for hydroxylation is 2. The molecule has 0 radical (unpaired) electrons. The van der Waals surface area contributed by atoms with Gasteiger partial charge in [0.25, 0.3) is 5.56 Å². The Hall–Kier alpha value is -3.97. The zero-order valence-electron chi connectivity index (χ0n) is 19.9. The monoisotopic (exact) mass is 502 g/mol. The molecule has 0 bridgehead atoms. The lowest BCUT2D eigenvalue weighted by Gasteiger charge is -2.14. The second-order valence-electron chi connectivity index (χ2n) is 8.72. The van der Waals surface area contributed by atoms with Crippen LogP contribution in [0.15, 0.2) is 71.8 Å². The lowest BCUT2D eigenvalue weighted by molar-refractivity contribution is -0.116. The molecule has 3 aromatic carbocycles. The number of fused-ring (bicyclic) bond motifs is 3. The van der Waals surface area contributed by atoms with E-state index in [4.69, 9.17) is 11.6 Å². The van der Waals surface area contributed by atoms with Crippen LogP contribution in [-0.2, 0) is 24.3 Å². The van der Waals surface area contributed by atoms with Crippen molar-refractivity contribution in [1.82, 2.24) is 14.1 Å². The maximum absolute atomic E-state index is 14.1. The van der Waals surface area contributed by atoms with E-state index in [9.17, 15) is 14.0 Å². The normalized spacial score (nSPS) is 11.3. The van der Waals surface area contributed by atoms with Gasteiger partial charge in [-0.05, 0) is 54.3 Å². The van der Waals surface area contributed by atoms with Gasteiger partial charge in [0.05, 0.1) is 18.4 Å². The van der Waals surface area contributed by atoms with E-state index < -0.39 is 5.82 Å². The number of anilines is 1. The summed E-state index contributed by atoms with van der Waals surface area (Å²) >= 11 is 6.31. The van der Waals surface area contributed by atoms with Gasteiger partial charge in [0.2, 0.25) is 5.91 Å². The molecule has 5 rings (SSSR count). The summed E-state index contributed by atoms with van der Waals surface area (Å²) in [7, 11) is 0. The molecule has 0 unspecified atom stereocenters. The van der Waals surface area contributed by atoms with Crippen LogP contribution in [0.2, 0.25) is 5.02 Å². The molecule has 0 saturated carbocycles. The minimum atomic E-state index is -0.444. The summed E-state index contributed by atoms with van der Waals surface area (Å²) in [6, 6.07) is 17.4. The largest absolute Gasteiger partial charge is 0.325 e. The quantitative estimate of drug-likeness (QED) is 0.324. The number of amides is 1. The highest BCUT2D eigenvalue weighted by atomic mass is 35.5. The molecule has 0 spiro atoms. The fourth-order valence-electron chi connectivity index (χ4n) is 4.58. The Morgan fingerprint density at radius 1 is 1.08 bits per heavy atom. The van der Waals surface area contributed by atoms with Gasteiger partial charge >= 0.3 is 0 Å². The average Bonchev–Trinajstić information content (AvgIpc) is 3.16. The molecule has 0 saturated heterocycles. The van der Waals surface area contributed by atoms with Crippen LogP contribution in [0.4, 0.5) is 10.1 Å². The number of carbonyl (C=O) groups is 1. The Kier molecular flexibility index (Phi) is 6.33. The Morgan fingerprint density at radius 3 is 2.64 bits per heavy atom. The highest BCUT2D eigenvalue weighted by Crippen LogP contribution is 2.27. The van der Waals surface area contributed by atoms with Crippen molar-refractivity contribution < 1.29 is 9.18 Å². The molecule has 1 amide bonds. The van der Waals surface area contributed by atoms with Crippen LogP contribution in [-0.4, -0.2) is 20.0 Å². The third-order valence-corrected chi connectivity index (χ3v) is 6.76. The van der Waals surface area contributed by atoms with Crippen molar-refractivity contribution in [2.45, 2.75) is 33.4 Å². The number of hydrogen-bond donors (Lipinski definition) is 1. The summed E-state index contributed by atoms with van der Waals surface area (Å²) < 4.78 is 17.2. The molecule has 5 aromatic rings. The number of hydrogen-bond acceptors (Lipinski definition) is 3. The molecule has 182 valence electrons. The van der Waals surface area contributed by atoms with Crippen LogP contribution in [0.1, 0.15) is 23.6 Å². The van der Waals surface area contributed by atoms with Crippen LogP contribution in [0.3, 0.4) is 0 Å². The van der Waals surface area contributed by atoms with Gasteiger partial charge in [-0.2, -0.15) is 0 Å². The number of halogens is 2. The summed E-state index contributed by atoms with van der Waals surface area (Å²) in [6.07, 6.45) is 2.20. The summed E-state index contributed by atoms with van der Waals surface area (Å²) in [6.45, 7) is 4.05. The topological polar surface area (TPSA) is 68.9 Å². The first kappa shape index (κ1) is 23.8. The smallest absolute Gasteiger partial charge is 0.278 e. The number of benzene rings is 3. The number of carbonyl (C=O) groups excluding carboxylic acids is 1. The molecule has 0 aliphatic heterocycles. The van der Waals surface area contributed by atoms with Crippen LogP contribution in [0.25, 0.3) is 21.9 Å². The predicted octanol–water partition coefficient (Wildman–Crippen LogP) is 5.70. The van der Waals surface area contributed by atoms with E-state index in [-0.39, 0.29) is 30.1 Å². The van der Waals surface area contributed by atoms with E-state index in [0.717, 1.165) is 28.8 Å². The van der Waals surface area contributed by atoms with Crippen molar-refractivity contribution in [3.8, 4) is 0 Å². The average molecular weight is 503 g/mol. The Labute approximate surface area is 212 Å².